The number of hydrogen-bond acceptors (Lipinski definition) is 3. The summed E-state index contributed by atoms with van der Waals surface area (Å²) < 4.78 is 42.2. The third kappa shape index (κ3) is 4.83. The topological polar surface area (TPSA) is 66.5 Å². The number of hydrogen-bond donors (Lipinski definition) is 1. The Morgan fingerprint density at radius 1 is 1.06 bits per heavy atom. The molecular formula is C24H23FN2O3S. The molecule has 0 heterocycles. The predicted molar refractivity (Wildman–Crippen MR) is 121 cm³/mol. The molecule has 1 N–H and O–H groups in total. The normalized spacial score (nSPS) is 11.0. The average molecular weight is 439 g/mol. The van der Waals surface area contributed by atoms with Crippen LogP contribution in [0, 0.1) is 5.82 Å². The second-order valence-corrected chi connectivity index (χ2v) is 8.60. The lowest BCUT2D eigenvalue weighted by molar-refractivity contribution is 0.102. The van der Waals surface area contributed by atoms with E-state index in [0.29, 0.717) is 17.8 Å². The summed E-state index contributed by atoms with van der Waals surface area (Å²) in [5.74, 6) is -1.46. The Morgan fingerprint density at radius 3 is 2.42 bits per heavy atom. The summed E-state index contributed by atoms with van der Waals surface area (Å²) >= 11 is 0. The van der Waals surface area contributed by atoms with Gasteiger partial charge in [0.15, 0.2) is 0 Å². The van der Waals surface area contributed by atoms with Gasteiger partial charge in [-0.25, -0.2) is 12.8 Å². The SMILES string of the molecule is C=CCN(c1ccccc1)S(=O)(=O)c1cc(C(=O)Nc2ccccc2CC)ccc1F. The highest BCUT2D eigenvalue weighted by Crippen LogP contribution is 2.26. The van der Waals surface area contributed by atoms with Crippen molar-refractivity contribution >= 4 is 27.3 Å². The Kier molecular flexibility index (Phi) is 6.87. The first-order valence-corrected chi connectivity index (χ1v) is 11.2. The molecule has 3 rings (SSSR count). The number of sulfonamides is 1. The van der Waals surface area contributed by atoms with E-state index in [0.717, 1.165) is 22.0 Å². The van der Waals surface area contributed by atoms with Crippen LogP contribution in [0.3, 0.4) is 0 Å². The third-order valence-corrected chi connectivity index (χ3v) is 6.56. The fourth-order valence-corrected chi connectivity index (χ4v) is 4.69. The van der Waals surface area contributed by atoms with E-state index in [1.807, 2.05) is 19.1 Å². The molecule has 0 radical (unpaired) electrons. The molecule has 0 atom stereocenters. The maximum atomic E-state index is 14.6. The van der Waals surface area contributed by atoms with E-state index in [2.05, 4.69) is 11.9 Å². The molecule has 0 aliphatic rings. The number of nitrogens with zero attached hydrogens (tertiary/aromatic N) is 1. The van der Waals surface area contributed by atoms with Crippen molar-refractivity contribution in [2.75, 3.05) is 16.2 Å². The van der Waals surface area contributed by atoms with Crippen LogP contribution in [0.2, 0.25) is 0 Å². The first-order valence-electron chi connectivity index (χ1n) is 9.76. The van der Waals surface area contributed by atoms with E-state index in [4.69, 9.17) is 0 Å². The van der Waals surface area contributed by atoms with Gasteiger partial charge in [0.05, 0.1) is 12.2 Å². The number of benzene rings is 3. The molecule has 0 fully saturated rings. The summed E-state index contributed by atoms with van der Waals surface area (Å²) in [5.41, 5.74) is 1.97. The van der Waals surface area contributed by atoms with Crippen LogP contribution in [0.1, 0.15) is 22.8 Å². The lowest BCUT2D eigenvalue weighted by Crippen LogP contribution is -2.32. The molecule has 3 aromatic rings. The molecule has 0 aliphatic carbocycles. The molecule has 0 aliphatic heterocycles. The summed E-state index contributed by atoms with van der Waals surface area (Å²) in [6, 6.07) is 19.0. The smallest absolute Gasteiger partial charge is 0.267 e. The summed E-state index contributed by atoms with van der Waals surface area (Å²) in [5, 5.41) is 2.78. The maximum absolute atomic E-state index is 14.6. The Hall–Kier alpha value is -3.45. The molecule has 0 bridgehead atoms. The molecule has 7 heteroatoms. The Balaban J connectivity index is 1.99. The van der Waals surface area contributed by atoms with Gasteiger partial charge < -0.3 is 5.32 Å². The van der Waals surface area contributed by atoms with Gasteiger partial charge in [-0.2, -0.15) is 0 Å². The van der Waals surface area contributed by atoms with Crippen molar-refractivity contribution < 1.29 is 17.6 Å². The Morgan fingerprint density at radius 2 is 1.74 bits per heavy atom. The van der Waals surface area contributed by atoms with Crippen molar-refractivity contribution in [3.8, 4) is 0 Å². The largest absolute Gasteiger partial charge is 0.322 e. The fraction of sp³-hybridized carbons (Fsp3) is 0.125. The molecule has 31 heavy (non-hydrogen) atoms. The van der Waals surface area contributed by atoms with Gasteiger partial charge >= 0.3 is 0 Å². The molecule has 0 saturated heterocycles. The van der Waals surface area contributed by atoms with Gasteiger partial charge in [0.1, 0.15) is 10.7 Å². The fourth-order valence-electron chi connectivity index (χ4n) is 3.16. The minimum absolute atomic E-state index is 0.0393. The molecule has 0 spiro atoms. The third-order valence-electron chi connectivity index (χ3n) is 4.75. The lowest BCUT2D eigenvalue weighted by atomic mass is 10.1. The van der Waals surface area contributed by atoms with E-state index in [1.54, 1.807) is 42.5 Å². The number of anilines is 2. The zero-order valence-electron chi connectivity index (χ0n) is 17.1. The number of amides is 1. The monoisotopic (exact) mass is 438 g/mol. The molecular weight excluding hydrogens is 415 g/mol. The van der Waals surface area contributed by atoms with Crippen LogP contribution in [0.5, 0.6) is 0 Å². The van der Waals surface area contributed by atoms with Crippen molar-refractivity contribution in [1.29, 1.82) is 0 Å². The van der Waals surface area contributed by atoms with E-state index in [1.165, 1.54) is 12.1 Å². The summed E-state index contributed by atoms with van der Waals surface area (Å²) in [7, 11) is -4.28. The highest BCUT2D eigenvalue weighted by Gasteiger charge is 2.28. The van der Waals surface area contributed by atoms with E-state index in [-0.39, 0.29) is 12.1 Å². The standard InChI is InChI=1S/C24H23FN2O3S/c1-3-16-27(20-11-6-5-7-12-20)31(29,30)23-17-19(14-15-21(23)25)24(28)26-22-13-9-8-10-18(22)4-2/h3,5-15,17H,1,4,16H2,2H3,(H,26,28). The van der Waals surface area contributed by atoms with Gasteiger partial charge in [0, 0.05) is 11.3 Å². The highest BCUT2D eigenvalue weighted by atomic mass is 32.2. The van der Waals surface area contributed by atoms with Crippen LogP contribution in [-0.4, -0.2) is 20.9 Å². The second kappa shape index (κ2) is 9.57. The lowest BCUT2D eigenvalue weighted by Gasteiger charge is -2.23. The zero-order chi connectivity index (χ0) is 22.4. The van der Waals surface area contributed by atoms with Gasteiger partial charge in [0.25, 0.3) is 15.9 Å². The number of carbonyl (C=O) groups is 1. The number of rotatable bonds is 8. The summed E-state index contributed by atoms with van der Waals surface area (Å²) in [6.07, 6.45) is 2.13. The Labute approximate surface area is 181 Å². The highest BCUT2D eigenvalue weighted by molar-refractivity contribution is 7.92. The quantitative estimate of drug-likeness (QED) is 0.502. The molecule has 0 unspecified atom stereocenters. The Bertz CT molecular complexity index is 1190. The average Bonchev–Trinajstić information content (AvgIpc) is 2.78. The number of para-hydroxylation sites is 2. The van der Waals surface area contributed by atoms with Crippen molar-refractivity contribution in [2.45, 2.75) is 18.2 Å². The molecule has 1 amide bonds. The first-order chi connectivity index (χ1) is 14.9. The van der Waals surface area contributed by atoms with Gasteiger partial charge in [0.2, 0.25) is 0 Å². The van der Waals surface area contributed by atoms with Crippen LogP contribution in [0.4, 0.5) is 15.8 Å². The first kappa shape index (κ1) is 22.2. The van der Waals surface area contributed by atoms with Crippen LogP contribution in [-0.2, 0) is 16.4 Å². The van der Waals surface area contributed by atoms with Crippen LogP contribution < -0.4 is 9.62 Å². The van der Waals surface area contributed by atoms with E-state index < -0.39 is 26.6 Å². The van der Waals surface area contributed by atoms with E-state index >= 15 is 0 Å². The summed E-state index contributed by atoms with van der Waals surface area (Å²) in [4.78, 5) is 12.2. The van der Waals surface area contributed by atoms with Crippen molar-refractivity contribution in [2.24, 2.45) is 0 Å². The molecule has 3 aromatic carbocycles. The van der Waals surface area contributed by atoms with Crippen molar-refractivity contribution in [3.63, 3.8) is 0 Å². The van der Waals surface area contributed by atoms with Gasteiger partial charge in [-0.1, -0.05) is 49.4 Å². The maximum Gasteiger partial charge on any atom is 0.267 e. The second-order valence-electron chi connectivity index (χ2n) is 6.77. The van der Waals surface area contributed by atoms with Gasteiger partial charge in [-0.3, -0.25) is 9.10 Å². The predicted octanol–water partition coefficient (Wildman–Crippen LogP) is 5.02. The van der Waals surface area contributed by atoms with Crippen molar-refractivity contribution in [3.05, 3.63) is 102 Å². The zero-order valence-corrected chi connectivity index (χ0v) is 17.9. The number of aryl methyl sites for hydroxylation is 1. The summed E-state index contributed by atoms with van der Waals surface area (Å²) in [6.45, 7) is 5.51. The van der Waals surface area contributed by atoms with Crippen molar-refractivity contribution in [1.82, 2.24) is 0 Å². The van der Waals surface area contributed by atoms with Crippen LogP contribution in [0.15, 0.2) is 90.3 Å². The van der Waals surface area contributed by atoms with Crippen LogP contribution in [0.25, 0.3) is 0 Å². The molecule has 5 nitrogen and oxygen atoms in total. The van der Waals surface area contributed by atoms with E-state index in [9.17, 15) is 17.6 Å². The van der Waals surface area contributed by atoms with Crippen LogP contribution >= 0.6 is 0 Å². The molecule has 0 saturated carbocycles. The number of halogens is 1. The van der Waals surface area contributed by atoms with Gasteiger partial charge in [-0.05, 0) is 48.4 Å². The number of nitrogens with one attached hydrogen (secondary N) is 1. The minimum Gasteiger partial charge on any atom is -0.322 e. The molecule has 0 aromatic heterocycles. The molecule has 160 valence electrons. The minimum atomic E-state index is -4.28. The number of carbonyl (C=O) groups excluding carboxylic acids is 1. The van der Waals surface area contributed by atoms with Gasteiger partial charge in [-0.15, -0.1) is 6.58 Å².